The van der Waals surface area contributed by atoms with Crippen LogP contribution in [0.1, 0.15) is 33.7 Å². The Kier molecular flexibility index (Phi) is 5.01. The lowest BCUT2D eigenvalue weighted by Crippen LogP contribution is -2.29. The number of carbonyl (C=O) groups excluding carboxylic acids is 1. The fourth-order valence-electron chi connectivity index (χ4n) is 2.83. The molecular weight excluding hydrogens is 300 g/mol. The lowest BCUT2D eigenvalue weighted by Gasteiger charge is -2.21. The molecule has 5 nitrogen and oxygen atoms in total. The number of nitrogens with one attached hydrogen (secondary N) is 1. The average molecular weight is 322 g/mol. The van der Waals surface area contributed by atoms with Crippen LogP contribution in [0.3, 0.4) is 0 Å². The molecule has 0 radical (unpaired) electrons. The maximum atomic E-state index is 12.9. The van der Waals surface area contributed by atoms with E-state index in [9.17, 15) is 4.79 Å². The molecule has 1 aliphatic heterocycles. The van der Waals surface area contributed by atoms with Gasteiger partial charge in [-0.05, 0) is 43.7 Å². The normalized spacial score (nSPS) is 15.0. The molecule has 3 heterocycles. The monoisotopic (exact) mass is 322 g/mol. The number of ketones is 1. The zero-order valence-corrected chi connectivity index (χ0v) is 14.0. The van der Waals surface area contributed by atoms with E-state index in [4.69, 9.17) is 0 Å². The Bertz CT molecular complexity index is 749. The van der Waals surface area contributed by atoms with Crippen LogP contribution in [0.25, 0.3) is 6.08 Å². The quantitative estimate of drug-likeness (QED) is 0.876. The molecule has 0 saturated carbocycles. The van der Waals surface area contributed by atoms with Crippen LogP contribution in [-0.2, 0) is 0 Å². The van der Waals surface area contributed by atoms with Gasteiger partial charge in [-0.2, -0.15) is 0 Å². The smallest absolute Gasteiger partial charge is 0.213 e. The van der Waals surface area contributed by atoms with Crippen LogP contribution in [-0.4, -0.2) is 41.9 Å². The van der Waals surface area contributed by atoms with Crippen LogP contribution in [0.5, 0.6) is 0 Å². The third kappa shape index (κ3) is 3.51. The zero-order valence-electron chi connectivity index (χ0n) is 14.0. The van der Waals surface area contributed by atoms with Gasteiger partial charge in [0.15, 0.2) is 0 Å². The summed E-state index contributed by atoms with van der Waals surface area (Å²) in [4.78, 5) is 24.0. The Hall–Kier alpha value is -2.53. The molecule has 24 heavy (non-hydrogen) atoms. The summed E-state index contributed by atoms with van der Waals surface area (Å²) in [6, 6.07) is 7.45. The maximum absolute atomic E-state index is 12.9. The van der Waals surface area contributed by atoms with Gasteiger partial charge in [-0.25, -0.2) is 4.98 Å². The van der Waals surface area contributed by atoms with E-state index in [1.807, 2.05) is 25.1 Å². The molecule has 0 spiro atoms. The third-order valence-corrected chi connectivity index (χ3v) is 4.22. The van der Waals surface area contributed by atoms with Gasteiger partial charge in [0.25, 0.3) is 0 Å². The highest BCUT2D eigenvalue weighted by atomic mass is 16.1. The van der Waals surface area contributed by atoms with Crippen LogP contribution in [0.4, 0.5) is 5.82 Å². The standard InChI is InChI=1S/C19H22N4O/c1-3-15-12-16(14(2)21-13-15)19(24)17-6-4-7-18(22-17)23-10-5-8-20-9-11-23/h3-4,6-7,12-13,20H,1,5,8-11H2,2H3. The van der Waals surface area contributed by atoms with Crippen molar-refractivity contribution in [1.82, 2.24) is 15.3 Å². The summed E-state index contributed by atoms with van der Waals surface area (Å²) >= 11 is 0. The van der Waals surface area contributed by atoms with E-state index in [1.165, 1.54) is 0 Å². The summed E-state index contributed by atoms with van der Waals surface area (Å²) in [7, 11) is 0. The first kappa shape index (κ1) is 16.3. The van der Waals surface area contributed by atoms with Gasteiger partial charge in [0.05, 0.1) is 0 Å². The van der Waals surface area contributed by atoms with E-state index in [0.29, 0.717) is 17.0 Å². The first-order chi connectivity index (χ1) is 11.7. The molecule has 0 bridgehead atoms. The van der Waals surface area contributed by atoms with Crippen molar-refractivity contribution in [3.63, 3.8) is 0 Å². The number of anilines is 1. The second-order valence-corrected chi connectivity index (χ2v) is 5.91. The predicted molar refractivity (Wildman–Crippen MR) is 96.4 cm³/mol. The van der Waals surface area contributed by atoms with Crippen LogP contribution in [0.2, 0.25) is 0 Å². The van der Waals surface area contributed by atoms with Crippen LogP contribution in [0, 0.1) is 6.92 Å². The lowest BCUT2D eigenvalue weighted by atomic mass is 10.0. The fourth-order valence-corrected chi connectivity index (χ4v) is 2.83. The van der Waals surface area contributed by atoms with Crippen molar-refractivity contribution in [2.24, 2.45) is 0 Å². The van der Waals surface area contributed by atoms with Gasteiger partial charge >= 0.3 is 0 Å². The number of aromatic nitrogens is 2. The molecular formula is C19H22N4O. The molecule has 0 amide bonds. The van der Waals surface area contributed by atoms with E-state index in [0.717, 1.165) is 44.0 Å². The number of rotatable bonds is 4. The minimum absolute atomic E-state index is 0.0986. The van der Waals surface area contributed by atoms with Gasteiger partial charge in [-0.1, -0.05) is 18.7 Å². The molecule has 1 N–H and O–H groups in total. The zero-order chi connectivity index (χ0) is 16.9. The largest absolute Gasteiger partial charge is 0.355 e. The highest BCUT2D eigenvalue weighted by molar-refractivity contribution is 6.08. The van der Waals surface area contributed by atoms with E-state index >= 15 is 0 Å². The summed E-state index contributed by atoms with van der Waals surface area (Å²) in [6.07, 6.45) is 4.48. The van der Waals surface area contributed by atoms with Crippen molar-refractivity contribution in [2.45, 2.75) is 13.3 Å². The van der Waals surface area contributed by atoms with Crippen LogP contribution in [0.15, 0.2) is 37.0 Å². The molecule has 2 aromatic heterocycles. The van der Waals surface area contributed by atoms with Gasteiger partial charge < -0.3 is 10.2 Å². The third-order valence-electron chi connectivity index (χ3n) is 4.22. The average Bonchev–Trinajstić information content (AvgIpc) is 2.91. The minimum atomic E-state index is -0.0986. The van der Waals surface area contributed by atoms with Crippen LogP contribution >= 0.6 is 0 Å². The van der Waals surface area contributed by atoms with E-state index in [1.54, 1.807) is 18.3 Å². The van der Waals surface area contributed by atoms with Crippen LogP contribution < -0.4 is 10.2 Å². The highest BCUT2D eigenvalue weighted by Gasteiger charge is 2.17. The van der Waals surface area contributed by atoms with Crippen molar-refractivity contribution >= 4 is 17.7 Å². The minimum Gasteiger partial charge on any atom is -0.355 e. The van der Waals surface area contributed by atoms with Gasteiger partial charge in [-0.3, -0.25) is 9.78 Å². The second kappa shape index (κ2) is 7.36. The molecule has 0 aliphatic carbocycles. The number of pyridine rings is 2. The number of nitrogens with zero attached hydrogens (tertiary/aromatic N) is 3. The Labute approximate surface area is 142 Å². The van der Waals surface area contributed by atoms with Gasteiger partial charge in [0.2, 0.25) is 5.78 Å². The molecule has 1 saturated heterocycles. The second-order valence-electron chi connectivity index (χ2n) is 5.91. The summed E-state index contributed by atoms with van der Waals surface area (Å²) < 4.78 is 0. The molecule has 5 heteroatoms. The Balaban J connectivity index is 1.90. The van der Waals surface area contributed by atoms with Crippen molar-refractivity contribution < 1.29 is 4.79 Å². The summed E-state index contributed by atoms with van der Waals surface area (Å²) in [5.74, 6) is 0.758. The molecule has 124 valence electrons. The molecule has 0 aromatic carbocycles. The van der Waals surface area contributed by atoms with Gasteiger partial charge in [0.1, 0.15) is 11.5 Å². The van der Waals surface area contributed by atoms with Crippen molar-refractivity contribution in [1.29, 1.82) is 0 Å². The molecule has 1 aliphatic rings. The number of carbonyl (C=O) groups is 1. The maximum Gasteiger partial charge on any atom is 0.213 e. The Morgan fingerprint density at radius 1 is 1.33 bits per heavy atom. The Morgan fingerprint density at radius 3 is 3.04 bits per heavy atom. The first-order valence-corrected chi connectivity index (χ1v) is 8.25. The highest BCUT2D eigenvalue weighted by Crippen LogP contribution is 2.17. The van der Waals surface area contributed by atoms with E-state index in [-0.39, 0.29) is 5.78 Å². The van der Waals surface area contributed by atoms with Crippen molar-refractivity contribution in [3.05, 3.63) is 59.6 Å². The summed E-state index contributed by atoms with van der Waals surface area (Å²) in [6.45, 7) is 9.38. The van der Waals surface area contributed by atoms with Gasteiger partial charge in [-0.15, -0.1) is 0 Å². The first-order valence-electron chi connectivity index (χ1n) is 8.25. The van der Waals surface area contributed by atoms with Crippen molar-refractivity contribution in [2.75, 3.05) is 31.1 Å². The van der Waals surface area contributed by atoms with Gasteiger partial charge in [0, 0.05) is 37.1 Å². The molecule has 3 rings (SSSR count). The lowest BCUT2D eigenvalue weighted by molar-refractivity contribution is 0.103. The van der Waals surface area contributed by atoms with E-state index in [2.05, 4.69) is 26.8 Å². The number of aryl methyl sites for hydroxylation is 1. The number of hydrogen-bond acceptors (Lipinski definition) is 5. The molecule has 2 aromatic rings. The van der Waals surface area contributed by atoms with E-state index < -0.39 is 0 Å². The molecule has 1 fully saturated rings. The topological polar surface area (TPSA) is 58.1 Å². The molecule has 0 atom stereocenters. The predicted octanol–water partition coefficient (Wildman–Crippen LogP) is 2.46. The number of hydrogen-bond donors (Lipinski definition) is 1. The summed E-state index contributed by atoms with van der Waals surface area (Å²) in [5.41, 5.74) is 2.57. The summed E-state index contributed by atoms with van der Waals surface area (Å²) in [5, 5.41) is 3.38. The SMILES string of the molecule is C=Cc1cnc(C)c(C(=O)c2cccc(N3CCCNCC3)n2)c1. The Morgan fingerprint density at radius 2 is 2.21 bits per heavy atom. The molecule has 0 unspecified atom stereocenters. The van der Waals surface area contributed by atoms with Crippen molar-refractivity contribution in [3.8, 4) is 0 Å². The fraction of sp³-hybridized carbons (Fsp3) is 0.316.